The standard InChI is InChI=1S/C14H17N3O2S/c1-8-11(15)5-4-6-12(8)17-13(18)7-20-14-16-9(2)10(3)19-14/h4-6H,7,15H2,1-3H3,(H,17,18). The number of aromatic nitrogens is 1. The van der Waals surface area contributed by atoms with E-state index < -0.39 is 0 Å². The predicted octanol–water partition coefficient (Wildman–Crippen LogP) is 2.91. The van der Waals surface area contributed by atoms with Gasteiger partial charge in [-0.25, -0.2) is 4.98 Å². The van der Waals surface area contributed by atoms with E-state index in [9.17, 15) is 4.79 Å². The minimum Gasteiger partial charge on any atom is -0.437 e. The maximum Gasteiger partial charge on any atom is 0.256 e. The van der Waals surface area contributed by atoms with E-state index in [-0.39, 0.29) is 11.7 Å². The average Bonchev–Trinajstić information content (AvgIpc) is 2.72. The fourth-order valence-corrected chi connectivity index (χ4v) is 2.32. The summed E-state index contributed by atoms with van der Waals surface area (Å²) >= 11 is 1.27. The van der Waals surface area contributed by atoms with Gasteiger partial charge in [0.25, 0.3) is 5.22 Å². The van der Waals surface area contributed by atoms with Crippen molar-refractivity contribution < 1.29 is 9.21 Å². The van der Waals surface area contributed by atoms with Gasteiger partial charge in [-0.1, -0.05) is 17.8 Å². The third-order valence-corrected chi connectivity index (χ3v) is 3.81. The van der Waals surface area contributed by atoms with Crippen LogP contribution in [0, 0.1) is 20.8 Å². The number of thioether (sulfide) groups is 1. The Kier molecular flexibility index (Phi) is 4.34. The number of amides is 1. The van der Waals surface area contributed by atoms with Gasteiger partial charge in [0.05, 0.1) is 11.4 Å². The summed E-state index contributed by atoms with van der Waals surface area (Å²) in [5.41, 5.74) is 8.91. The van der Waals surface area contributed by atoms with Gasteiger partial charge in [0.15, 0.2) is 0 Å². The van der Waals surface area contributed by atoms with Crippen molar-refractivity contribution in [3.05, 3.63) is 35.2 Å². The third kappa shape index (κ3) is 3.33. The number of benzene rings is 1. The largest absolute Gasteiger partial charge is 0.437 e. The van der Waals surface area contributed by atoms with E-state index in [1.807, 2.05) is 32.9 Å². The molecule has 1 amide bonds. The molecule has 3 N–H and O–H groups in total. The topological polar surface area (TPSA) is 81.2 Å². The minimum atomic E-state index is -0.114. The zero-order valence-electron chi connectivity index (χ0n) is 11.7. The van der Waals surface area contributed by atoms with Crippen LogP contribution in [0.2, 0.25) is 0 Å². The quantitative estimate of drug-likeness (QED) is 0.668. The van der Waals surface area contributed by atoms with Crippen LogP contribution in [0.25, 0.3) is 0 Å². The zero-order chi connectivity index (χ0) is 14.7. The smallest absolute Gasteiger partial charge is 0.256 e. The molecule has 1 aromatic carbocycles. The Balaban J connectivity index is 1.94. The number of hydrogen-bond acceptors (Lipinski definition) is 5. The molecule has 0 radical (unpaired) electrons. The Morgan fingerprint density at radius 1 is 1.40 bits per heavy atom. The van der Waals surface area contributed by atoms with Gasteiger partial charge in [-0.2, -0.15) is 0 Å². The van der Waals surface area contributed by atoms with E-state index in [0.717, 1.165) is 22.7 Å². The lowest BCUT2D eigenvalue weighted by atomic mass is 10.1. The summed E-state index contributed by atoms with van der Waals surface area (Å²) in [6.07, 6.45) is 0. The lowest BCUT2D eigenvalue weighted by Crippen LogP contribution is -2.15. The normalized spacial score (nSPS) is 10.6. The summed E-state index contributed by atoms with van der Waals surface area (Å²) in [5, 5.41) is 3.35. The molecular formula is C14H17N3O2S. The summed E-state index contributed by atoms with van der Waals surface area (Å²) in [6.45, 7) is 5.60. The van der Waals surface area contributed by atoms with Gasteiger partial charge in [0, 0.05) is 11.4 Å². The molecule has 2 rings (SSSR count). The number of rotatable bonds is 4. The van der Waals surface area contributed by atoms with Gasteiger partial charge in [-0.3, -0.25) is 4.79 Å². The van der Waals surface area contributed by atoms with Gasteiger partial charge in [0.2, 0.25) is 5.91 Å². The number of nitrogens with two attached hydrogens (primary N) is 1. The molecule has 106 valence electrons. The van der Waals surface area contributed by atoms with E-state index in [2.05, 4.69) is 10.3 Å². The van der Waals surface area contributed by atoms with Crippen LogP contribution in [0.3, 0.4) is 0 Å². The number of nitrogens with zero attached hydrogens (tertiary/aromatic N) is 1. The molecule has 20 heavy (non-hydrogen) atoms. The molecule has 2 aromatic rings. The Labute approximate surface area is 122 Å². The molecule has 0 aliphatic rings. The van der Waals surface area contributed by atoms with Gasteiger partial charge >= 0.3 is 0 Å². The van der Waals surface area contributed by atoms with Crippen molar-refractivity contribution in [2.45, 2.75) is 26.0 Å². The molecule has 0 spiro atoms. The van der Waals surface area contributed by atoms with Gasteiger partial charge in [0.1, 0.15) is 5.76 Å². The van der Waals surface area contributed by atoms with Crippen LogP contribution in [-0.2, 0) is 4.79 Å². The van der Waals surface area contributed by atoms with Crippen molar-refractivity contribution >= 4 is 29.0 Å². The monoisotopic (exact) mass is 291 g/mol. The second-order valence-corrected chi connectivity index (χ2v) is 5.40. The van der Waals surface area contributed by atoms with E-state index in [4.69, 9.17) is 10.2 Å². The van der Waals surface area contributed by atoms with Crippen LogP contribution in [0.4, 0.5) is 11.4 Å². The lowest BCUT2D eigenvalue weighted by molar-refractivity contribution is -0.113. The second kappa shape index (κ2) is 6.00. The van der Waals surface area contributed by atoms with Crippen LogP contribution in [0.5, 0.6) is 0 Å². The summed E-state index contributed by atoms with van der Waals surface area (Å²) < 4.78 is 5.41. The first-order chi connectivity index (χ1) is 9.47. The van der Waals surface area contributed by atoms with E-state index in [1.54, 1.807) is 6.07 Å². The minimum absolute atomic E-state index is 0.114. The van der Waals surface area contributed by atoms with Crippen molar-refractivity contribution in [2.75, 3.05) is 16.8 Å². The maximum absolute atomic E-state index is 11.9. The van der Waals surface area contributed by atoms with E-state index in [0.29, 0.717) is 10.9 Å². The molecular weight excluding hydrogens is 274 g/mol. The van der Waals surface area contributed by atoms with Crippen LogP contribution in [-0.4, -0.2) is 16.6 Å². The van der Waals surface area contributed by atoms with Crippen molar-refractivity contribution in [1.29, 1.82) is 0 Å². The first-order valence-corrected chi connectivity index (χ1v) is 7.17. The predicted molar refractivity (Wildman–Crippen MR) is 80.9 cm³/mol. The summed E-state index contributed by atoms with van der Waals surface area (Å²) in [6, 6.07) is 5.44. The van der Waals surface area contributed by atoms with Crippen LogP contribution < -0.4 is 11.1 Å². The molecule has 0 bridgehead atoms. The molecule has 0 unspecified atom stereocenters. The third-order valence-electron chi connectivity index (χ3n) is 2.99. The van der Waals surface area contributed by atoms with Crippen LogP contribution >= 0.6 is 11.8 Å². The Morgan fingerprint density at radius 2 is 2.15 bits per heavy atom. The second-order valence-electron chi connectivity index (χ2n) is 4.48. The Bertz CT molecular complexity index is 618. The fourth-order valence-electron chi connectivity index (χ4n) is 1.61. The number of nitrogen functional groups attached to an aromatic ring is 1. The molecule has 0 saturated carbocycles. The maximum atomic E-state index is 11.9. The van der Waals surface area contributed by atoms with E-state index >= 15 is 0 Å². The highest BCUT2D eigenvalue weighted by molar-refractivity contribution is 7.99. The number of oxazole rings is 1. The van der Waals surface area contributed by atoms with Crippen LogP contribution in [0.1, 0.15) is 17.0 Å². The Hall–Kier alpha value is -1.95. The molecule has 0 aliphatic carbocycles. The first kappa shape index (κ1) is 14.5. The van der Waals surface area contributed by atoms with Gasteiger partial charge < -0.3 is 15.5 Å². The highest BCUT2D eigenvalue weighted by Crippen LogP contribution is 2.22. The van der Waals surface area contributed by atoms with Crippen molar-refractivity contribution in [3.63, 3.8) is 0 Å². The fraction of sp³-hybridized carbons (Fsp3) is 0.286. The van der Waals surface area contributed by atoms with Gasteiger partial charge in [-0.15, -0.1) is 0 Å². The Morgan fingerprint density at radius 3 is 2.80 bits per heavy atom. The summed E-state index contributed by atoms with van der Waals surface area (Å²) in [5.74, 6) is 0.907. The number of carbonyl (C=O) groups is 1. The van der Waals surface area contributed by atoms with Crippen molar-refractivity contribution in [2.24, 2.45) is 0 Å². The average molecular weight is 291 g/mol. The number of carbonyl (C=O) groups excluding carboxylic acids is 1. The number of anilines is 2. The van der Waals surface area contributed by atoms with Gasteiger partial charge in [-0.05, 0) is 38.5 Å². The molecule has 0 fully saturated rings. The van der Waals surface area contributed by atoms with E-state index in [1.165, 1.54) is 11.8 Å². The molecule has 0 aliphatic heterocycles. The highest BCUT2D eigenvalue weighted by Gasteiger charge is 2.10. The zero-order valence-corrected chi connectivity index (χ0v) is 12.5. The molecule has 0 atom stereocenters. The summed E-state index contributed by atoms with van der Waals surface area (Å²) in [7, 11) is 0. The number of nitrogens with one attached hydrogen (secondary N) is 1. The van der Waals surface area contributed by atoms with Crippen molar-refractivity contribution in [3.8, 4) is 0 Å². The summed E-state index contributed by atoms with van der Waals surface area (Å²) in [4.78, 5) is 16.1. The number of aryl methyl sites for hydroxylation is 2. The molecule has 1 heterocycles. The lowest BCUT2D eigenvalue weighted by Gasteiger charge is -2.09. The number of hydrogen-bond donors (Lipinski definition) is 2. The molecule has 6 heteroatoms. The molecule has 0 saturated heterocycles. The van der Waals surface area contributed by atoms with Crippen molar-refractivity contribution in [1.82, 2.24) is 4.98 Å². The highest BCUT2D eigenvalue weighted by atomic mass is 32.2. The molecule has 1 aromatic heterocycles. The molecule has 5 nitrogen and oxygen atoms in total. The first-order valence-electron chi connectivity index (χ1n) is 6.19. The SMILES string of the molecule is Cc1nc(SCC(=O)Nc2cccc(N)c2C)oc1C. The van der Waals surface area contributed by atoms with Crippen LogP contribution in [0.15, 0.2) is 27.8 Å².